The van der Waals surface area contributed by atoms with Crippen LogP contribution in [0.1, 0.15) is 34.7 Å². The zero-order valence-corrected chi connectivity index (χ0v) is 23.4. The maximum atomic E-state index is 6.06. The van der Waals surface area contributed by atoms with Gasteiger partial charge in [0.25, 0.3) is 0 Å². The van der Waals surface area contributed by atoms with Crippen molar-refractivity contribution in [2.45, 2.75) is 25.9 Å². The molecule has 5 aromatic rings. The predicted octanol–water partition coefficient (Wildman–Crippen LogP) is 6.92. The fourth-order valence-electron chi connectivity index (χ4n) is 5.11. The standard InChI is InChI=1S/C30H27N5O2S2/c1-19-18-25(20(2)34(19)30-32-16-17-39-30)28-27(26-6-4-5-15-31-26)33-29(38)35(28)21-7-9-23(10-8-21)37-24-13-11-22(36-3)12-14-24/h4-18,27-28H,1-3H3,(H,33,38)/t27-,28-/m0/s1. The number of benzene rings is 2. The average Bonchev–Trinajstić information content (AvgIpc) is 3.68. The monoisotopic (exact) mass is 553 g/mol. The van der Waals surface area contributed by atoms with Gasteiger partial charge in [0.15, 0.2) is 10.2 Å². The molecule has 0 bridgehead atoms. The molecule has 1 aliphatic heterocycles. The maximum absolute atomic E-state index is 6.06. The number of nitrogens with zero attached hydrogens (tertiary/aromatic N) is 4. The van der Waals surface area contributed by atoms with E-state index < -0.39 is 0 Å². The number of methoxy groups -OCH3 is 1. The van der Waals surface area contributed by atoms with Crippen LogP contribution < -0.4 is 19.7 Å². The van der Waals surface area contributed by atoms with Crippen molar-refractivity contribution in [3.05, 3.63) is 113 Å². The molecule has 6 rings (SSSR count). The molecule has 7 nitrogen and oxygen atoms in total. The summed E-state index contributed by atoms with van der Waals surface area (Å²) in [6.45, 7) is 4.26. The second kappa shape index (κ2) is 10.5. The molecule has 0 spiro atoms. The third-order valence-corrected chi connectivity index (χ3v) is 7.98. The summed E-state index contributed by atoms with van der Waals surface area (Å²) >= 11 is 7.55. The van der Waals surface area contributed by atoms with Crippen LogP contribution in [0.15, 0.2) is 90.6 Å². The number of nitrogens with one attached hydrogen (secondary N) is 1. The van der Waals surface area contributed by atoms with Gasteiger partial charge >= 0.3 is 0 Å². The van der Waals surface area contributed by atoms with E-state index >= 15 is 0 Å². The van der Waals surface area contributed by atoms with E-state index in [1.54, 1.807) is 18.4 Å². The summed E-state index contributed by atoms with van der Waals surface area (Å²) in [5.74, 6) is 2.27. The normalized spacial score (nSPS) is 16.8. The summed E-state index contributed by atoms with van der Waals surface area (Å²) in [4.78, 5) is 11.4. The van der Waals surface area contributed by atoms with Gasteiger partial charge in [0.05, 0.1) is 24.9 Å². The number of thiocarbonyl (C=S) groups is 1. The van der Waals surface area contributed by atoms with Crippen molar-refractivity contribution in [1.29, 1.82) is 0 Å². The number of aryl methyl sites for hydroxylation is 1. The molecule has 0 unspecified atom stereocenters. The van der Waals surface area contributed by atoms with Crippen LogP contribution in [0.4, 0.5) is 5.69 Å². The van der Waals surface area contributed by atoms with Gasteiger partial charge < -0.3 is 19.7 Å². The van der Waals surface area contributed by atoms with Crippen LogP contribution in [0.3, 0.4) is 0 Å². The van der Waals surface area contributed by atoms with Gasteiger partial charge in [-0.1, -0.05) is 6.07 Å². The highest BCUT2D eigenvalue weighted by Crippen LogP contribution is 2.44. The summed E-state index contributed by atoms with van der Waals surface area (Å²) in [7, 11) is 1.65. The first kappa shape index (κ1) is 25.1. The third kappa shape index (κ3) is 4.75. The molecule has 196 valence electrons. The van der Waals surface area contributed by atoms with Crippen LogP contribution in [0.5, 0.6) is 17.2 Å². The van der Waals surface area contributed by atoms with Gasteiger partial charge in [-0.25, -0.2) is 4.98 Å². The first-order valence-corrected chi connectivity index (χ1v) is 13.8. The fraction of sp³-hybridized carbons (Fsp3) is 0.167. The van der Waals surface area contributed by atoms with E-state index in [-0.39, 0.29) is 12.1 Å². The molecule has 39 heavy (non-hydrogen) atoms. The lowest BCUT2D eigenvalue weighted by molar-refractivity contribution is 0.413. The second-order valence-electron chi connectivity index (χ2n) is 9.24. The molecule has 1 fully saturated rings. The van der Waals surface area contributed by atoms with Crippen molar-refractivity contribution in [3.8, 4) is 22.4 Å². The number of anilines is 1. The molecular weight excluding hydrogens is 526 g/mol. The number of hydrogen-bond acceptors (Lipinski definition) is 6. The second-order valence-corrected chi connectivity index (χ2v) is 10.5. The fourth-order valence-corrected chi connectivity index (χ4v) is 6.21. The molecule has 0 radical (unpaired) electrons. The Morgan fingerprint density at radius 3 is 2.26 bits per heavy atom. The van der Waals surface area contributed by atoms with Crippen LogP contribution in [0.25, 0.3) is 5.13 Å². The number of ether oxygens (including phenoxy) is 2. The summed E-state index contributed by atoms with van der Waals surface area (Å²) in [5.41, 5.74) is 5.33. The quantitative estimate of drug-likeness (QED) is 0.219. The number of aromatic nitrogens is 3. The Kier molecular flexibility index (Phi) is 6.76. The minimum atomic E-state index is -0.126. The molecule has 4 heterocycles. The van der Waals surface area contributed by atoms with Gasteiger partial charge in [0, 0.05) is 34.8 Å². The van der Waals surface area contributed by atoms with E-state index in [1.165, 1.54) is 5.56 Å². The van der Waals surface area contributed by atoms with Gasteiger partial charge in [0.1, 0.15) is 17.2 Å². The van der Waals surface area contributed by atoms with E-state index in [9.17, 15) is 0 Å². The molecule has 1 saturated heterocycles. The van der Waals surface area contributed by atoms with Gasteiger partial charge in [-0.15, -0.1) is 11.3 Å². The summed E-state index contributed by atoms with van der Waals surface area (Å²) in [6, 6.07) is 23.5. The van der Waals surface area contributed by atoms with Crippen molar-refractivity contribution in [1.82, 2.24) is 19.9 Å². The maximum Gasteiger partial charge on any atom is 0.193 e. The lowest BCUT2D eigenvalue weighted by Gasteiger charge is -2.28. The molecule has 9 heteroatoms. The van der Waals surface area contributed by atoms with Crippen molar-refractivity contribution in [2.75, 3.05) is 12.0 Å². The molecular formula is C30H27N5O2S2. The lowest BCUT2D eigenvalue weighted by Crippen LogP contribution is -2.29. The molecule has 1 N–H and O–H groups in total. The van der Waals surface area contributed by atoms with E-state index in [2.05, 4.69) is 44.7 Å². The SMILES string of the molecule is COc1ccc(Oc2ccc(N3C(=S)N[C@@H](c4ccccn4)[C@@H]3c3cc(C)n(-c4nccs4)c3C)cc2)cc1. The van der Waals surface area contributed by atoms with E-state index in [4.69, 9.17) is 21.7 Å². The number of rotatable bonds is 7. The molecule has 0 amide bonds. The third-order valence-electron chi connectivity index (χ3n) is 6.91. The van der Waals surface area contributed by atoms with Gasteiger partial charge in [-0.05, 0) is 98.4 Å². The van der Waals surface area contributed by atoms with Crippen LogP contribution in [0.2, 0.25) is 0 Å². The Hall–Kier alpha value is -4.21. The molecule has 3 aromatic heterocycles. The van der Waals surface area contributed by atoms with Gasteiger partial charge in [0.2, 0.25) is 0 Å². The number of thiazole rings is 1. The van der Waals surface area contributed by atoms with Crippen molar-refractivity contribution < 1.29 is 9.47 Å². The molecule has 0 saturated carbocycles. The van der Waals surface area contributed by atoms with Gasteiger partial charge in [-0.2, -0.15) is 0 Å². The summed E-state index contributed by atoms with van der Waals surface area (Å²) < 4.78 is 13.5. The zero-order valence-electron chi connectivity index (χ0n) is 21.7. The summed E-state index contributed by atoms with van der Waals surface area (Å²) in [5, 5.41) is 7.15. The Balaban J connectivity index is 1.37. The Bertz CT molecular complexity index is 1580. The largest absolute Gasteiger partial charge is 0.497 e. The van der Waals surface area contributed by atoms with Crippen molar-refractivity contribution in [3.63, 3.8) is 0 Å². The Morgan fingerprint density at radius 1 is 0.897 bits per heavy atom. The van der Waals surface area contributed by atoms with Gasteiger partial charge in [-0.3, -0.25) is 9.55 Å². The number of hydrogen-bond donors (Lipinski definition) is 1. The van der Waals surface area contributed by atoms with Crippen molar-refractivity contribution >= 4 is 34.4 Å². The lowest BCUT2D eigenvalue weighted by atomic mass is 9.96. The Morgan fingerprint density at radius 2 is 1.62 bits per heavy atom. The highest BCUT2D eigenvalue weighted by molar-refractivity contribution is 7.80. The summed E-state index contributed by atoms with van der Waals surface area (Å²) in [6.07, 6.45) is 3.66. The highest BCUT2D eigenvalue weighted by atomic mass is 32.1. The molecule has 0 aliphatic carbocycles. The zero-order chi connectivity index (χ0) is 26.9. The molecule has 2 atom stereocenters. The van der Waals surface area contributed by atoms with Crippen LogP contribution in [-0.4, -0.2) is 26.8 Å². The molecule has 2 aromatic carbocycles. The molecule has 1 aliphatic rings. The topological polar surface area (TPSA) is 64.4 Å². The van der Waals surface area contributed by atoms with E-state index in [0.29, 0.717) is 5.11 Å². The van der Waals surface area contributed by atoms with Crippen LogP contribution in [0, 0.1) is 13.8 Å². The minimum absolute atomic E-state index is 0.110. The van der Waals surface area contributed by atoms with E-state index in [0.717, 1.165) is 45.1 Å². The Labute approximate surface area is 236 Å². The average molecular weight is 554 g/mol. The van der Waals surface area contributed by atoms with Crippen LogP contribution >= 0.6 is 23.6 Å². The smallest absolute Gasteiger partial charge is 0.193 e. The highest BCUT2D eigenvalue weighted by Gasteiger charge is 2.42. The first-order chi connectivity index (χ1) is 19.0. The predicted molar refractivity (Wildman–Crippen MR) is 158 cm³/mol. The van der Waals surface area contributed by atoms with Crippen LogP contribution in [-0.2, 0) is 0 Å². The first-order valence-electron chi connectivity index (χ1n) is 12.5. The van der Waals surface area contributed by atoms with E-state index in [1.807, 2.05) is 84.5 Å². The minimum Gasteiger partial charge on any atom is -0.497 e. The van der Waals surface area contributed by atoms with Crippen molar-refractivity contribution in [2.24, 2.45) is 0 Å². The number of pyridine rings is 1.